The van der Waals surface area contributed by atoms with Gasteiger partial charge in [-0.1, -0.05) is 25.1 Å². The molecule has 0 radical (unpaired) electrons. The first-order chi connectivity index (χ1) is 11.3. The smallest absolute Gasteiger partial charge is 0.123 e. The molecule has 0 bridgehead atoms. The summed E-state index contributed by atoms with van der Waals surface area (Å²) < 4.78 is 11.4. The Bertz CT molecular complexity index is 494. The molecule has 1 N–H and O–H groups in total. The van der Waals surface area contributed by atoms with E-state index in [1.54, 1.807) is 7.11 Å². The Morgan fingerprint density at radius 1 is 1.35 bits per heavy atom. The molecule has 2 aliphatic rings. The van der Waals surface area contributed by atoms with Gasteiger partial charge in [-0.25, -0.2) is 0 Å². The quantitative estimate of drug-likeness (QED) is 0.905. The van der Waals surface area contributed by atoms with Gasteiger partial charge in [0.1, 0.15) is 5.75 Å². The number of nitrogens with zero attached hydrogens (tertiary/aromatic N) is 1. The van der Waals surface area contributed by atoms with Crippen molar-refractivity contribution in [3.05, 3.63) is 29.8 Å². The second-order valence-electron chi connectivity index (χ2n) is 6.75. The summed E-state index contributed by atoms with van der Waals surface area (Å²) in [6, 6.07) is 8.86. The zero-order valence-electron chi connectivity index (χ0n) is 14.5. The molecule has 2 heterocycles. The van der Waals surface area contributed by atoms with E-state index in [4.69, 9.17) is 9.47 Å². The maximum atomic E-state index is 5.84. The van der Waals surface area contributed by atoms with Crippen molar-refractivity contribution in [1.82, 2.24) is 10.2 Å². The van der Waals surface area contributed by atoms with E-state index in [1.807, 2.05) is 6.07 Å². The highest BCUT2D eigenvalue weighted by atomic mass is 16.5. The van der Waals surface area contributed by atoms with Crippen LogP contribution in [0.15, 0.2) is 24.3 Å². The van der Waals surface area contributed by atoms with Crippen molar-refractivity contribution < 1.29 is 9.47 Å². The molecule has 0 aromatic heterocycles. The van der Waals surface area contributed by atoms with Crippen LogP contribution in [0.5, 0.6) is 5.75 Å². The monoisotopic (exact) mass is 318 g/mol. The van der Waals surface area contributed by atoms with Crippen LogP contribution in [0.4, 0.5) is 0 Å². The van der Waals surface area contributed by atoms with Crippen LogP contribution in [0.25, 0.3) is 0 Å². The average molecular weight is 318 g/mol. The van der Waals surface area contributed by atoms with Gasteiger partial charge in [0.15, 0.2) is 0 Å². The van der Waals surface area contributed by atoms with E-state index in [2.05, 4.69) is 35.3 Å². The summed E-state index contributed by atoms with van der Waals surface area (Å²) in [7, 11) is 1.77. The molecule has 23 heavy (non-hydrogen) atoms. The zero-order valence-corrected chi connectivity index (χ0v) is 14.5. The highest BCUT2D eigenvalue weighted by Gasteiger charge is 2.30. The fraction of sp³-hybridized carbons (Fsp3) is 0.684. The molecule has 0 amide bonds. The van der Waals surface area contributed by atoms with Crippen molar-refractivity contribution in [2.24, 2.45) is 5.92 Å². The summed E-state index contributed by atoms with van der Waals surface area (Å²) in [5.74, 6) is 1.76. The molecule has 3 unspecified atom stereocenters. The van der Waals surface area contributed by atoms with E-state index in [0.29, 0.717) is 12.1 Å². The van der Waals surface area contributed by atoms with Crippen LogP contribution in [0.3, 0.4) is 0 Å². The number of para-hydroxylation sites is 1. The van der Waals surface area contributed by atoms with Gasteiger partial charge in [-0.3, -0.25) is 4.90 Å². The number of rotatable bonds is 5. The molecule has 3 rings (SSSR count). The van der Waals surface area contributed by atoms with E-state index >= 15 is 0 Å². The van der Waals surface area contributed by atoms with Crippen LogP contribution in [-0.4, -0.2) is 50.9 Å². The molecule has 1 aromatic carbocycles. The molecular weight excluding hydrogens is 288 g/mol. The number of hydrogen-bond donors (Lipinski definition) is 1. The van der Waals surface area contributed by atoms with Crippen LogP contribution in [-0.2, 0) is 4.74 Å². The lowest BCUT2D eigenvalue weighted by Crippen LogP contribution is -2.48. The summed E-state index contributed by atoms with van der Waals surface area (Å²) in [5.41, 5.74) is 1.31. The molecule has 4 nitrogen and oxygen atoms in total. The third-order valence-corrected chi connectivity index (χ3v) is 5.28. The molecule has 1 aromatic rings. The van der Waals surface area contributed by atoms with Crippen molar-refractivity contribution in [2.45, 2.75) is 38.3 Å². The van der Waals surface area contributed by atoms with Gasteiger partial charge in [0.05, 0.1) is 19.3 Å². The highest BCUT2D eigenvalue weighted by Crippen LogP contribution is 2.32. The number of ether oxygens (including phenoxy) is 2. The molecule has 4 heteroatoms. The first-order valence-electron chi connectivity index (χ1n) is 9.01. The van der Waals surface area contributed by atoms with Gasteiger partial charge in [0.2, 0.25) is 0 Å². The maximum Gasteiger partial charge on any atom is 0.123 e. The summed E-state index contributed by atoms with van der Waals surface area (Å²) >= 11 is 0. The number of piperazine rings is 1. The summed E-state index contributed by atoms with van der Waals surface area (Å²) in [5, 5.41) is 3.55. The minimum atomic E-state index is 0.405. The van der Waals surface area contributed by atoms with E-state index in [9.17, 15) is 0 Å². The molecular formula is C19H30N2O2. The SMILES string of the molecule is CCC1CC(CN2CCNCC2c2ccccc2OC)CCO1. The number of nitrogens with one attached hydrogen (secondary N) is 1. The van der Waals surface area contributed by atoms with Gasteiger partial charge in [-0.15, -0.1) is 0 Å². The minimum Gasteiger partial charge on any atom is -0.496 e. The number of methoxy groups -OCH3 is 1. The fourth-order valence-corrected chi connectivity index (χ4v) is 3.95. The van der Waals surface area contributed by atoms with Gasteiger partial charge >= 0.3 is 0 Å². The lowest BCUT2D eigenvalue weighted by Gasteiger charge is -2.40. The van der Waals surface area contributed by atoms with Crippen LogP contribution in [0.1, 0.15) is 37.8 Å². The largest absolute Gasteiger partial charge is 0.496 e. The topological polar surface area (TPSA) is 33.7 Å². The van der Waals surface area contributed by atoms with E-state index in [-0.39, 0.29) is 0 Å². The molecule has 2 saturated heterocycles. The first kappa shape index (κ1) is 16.7. The molecule has 128 valence electrons. The normalized spacial score (nSPS) is 29.4. The van der Waals surface area contributed by atoms with Crippen LogP contribution >= 0.6 is 0 Å². The maximum absolute atomic E-state index is 5.84. The lowest BCUT2D eigenvalue weighted by atomic mass is 9.92. The Kier molecular flexibility index (Phi) is 5.92. The van der Waals surface area contributed by atoms with Crippen LogP contribution in [0.2, 0.25) is 0 Å². The number of benzene rings is 1. The van der Waals surface area contributed by atoms with Gasteiger partial charge in [-0.2, -0.15) is 0 Å². The Balaban J connectivity index is 1.71. The third-order valence-electron chi connectivity index (χ3n) is 5.28. The Labute approximate surface area is 140 Å². The predicted octanol–water partition coefficient (Wildman–Crippen LogP) is 2.85. The second-order valence-corrected chi connectivity index (χ2v) is 6.75. The third kappa shape index (κ3) is 4.06. The van der Waals surface area contributed by atoms with Crippen molar-refractivity contribution in [2.75, 3.05) is 39.9 Å². The Morgan fingerprint density at radius 2 is 2.22 bits per heavy atom. The van der Waals surface area contributed by atoms with Gasteiger partial charge in [0, 0.05) is 38.3 Å². The number of hydrogen-bond acceptors (Lipinski definition) is 4. The van der Waals surface area contributed by atoms with Gasteiger partial charge in [-0.05, 0) is 31.2 Å². The standard InChI is InChI=1S/C19H30N2O2/c1-3-16-12-15(8-11-23-16)14-21-10-9-20-13-18(21)17-6-4-5-7-19(17)22-2/h4-7,15-16,18,20H,3,8-14H2,1-2H3. The van der Waals surface area contributed by atoms with Gasteiger partial charge in [0.25, 0.3) is 0 Å². The molecule has 2 aliphatic heterocycles. The van der Waals surface area contributed by atoms with Crippen molar-refractivity contribution in [1.29, 1.82) is 0 Å². The van der Waals surface area contributed by atoms with Gasteiger partial charge < -0.3 is 14.8 Å². The highest BCUT2D eigenvalue weighted by molar-refractivity contribution is 5.36. The van der Waals surface area contributed by atoms with Crippen molar-refractivity contribution >= 4 is 0 Å². The molecule has 0 aliphatic carbocycles. The molecule has 2 fully saturated rings. The van der Waals surface area contributed by atoms with Crippen LogP contribution < -0.4 is 10.1 Å². The summed E-state index contributed by atoms with van der Waals surface area (Å²) in [6.45, 7) is 7.51. The van der Waals surface area contributed by atoms with E-state index in [0.717, 1.165) is 44.3 Å². The molecule has 0 saturated carbocycles. The zero-order chi connectivity index (χ0) is 16.1. The molecule has 0 spiro atoms. The molecule has 3 atom stereocenters. The lowest BCUT2D eigenvalue weighted by molar-refractivity contribution is -0.0223. The van der Waals surface area contributed by atoms with Crippen molar-refractivity contribution in [3.8, 4) is 5.75 Å². The average Bonchev–Trinajstić information content (AvgIpc) is 2.62. The van der Waals surface area contributed by atoms with E-state index < -0.39 is 0 Å². The minimum absolute atomic E-state index is 0.405. The summed E-state index contributed by atoms with van der Waals surface area (Å²) in [4.78, 5) is 2.65. The Morgan fingerprint density at radius 3 is 3.04 bits per heavy atom. The summed E-state index contributed by atoms with van der Waals surface area (Å²) in [6.07, 6.45) is 3.99. The van der Waals surface area contributed by atoms with E-state index in [1.165, 1.54) is 24.9 Å². The fourth-order valence-electron chi connectivity index (χ4n) is 3.95. The first-order valence-corrected chi connectivity index (χ1v) is 9.01. The van der Waals surface area contributed by atoms with Crippen LogP contribution in [0, 0.1) is 5.92 Å². The predicted molar refractivity (Wildman–Crippen MR) is 92.9 cm³/mol. The second kappa shape index (κ2) is 8.13. The Hall–Kier alpha value is -1.10. The van der Waals surface area contributed by atoms with Crippen molar-refractivity contribution in [3.63, 3.8) is 0 Å².